The number of amides is 1. The van der Waals surface area contributed by atoms with E-state index in [-0.39, 0.29) is 17.2 Å². The van der Waals surface area contributed by atoms with Crippen LogP contribution in [0.15, 0.2) is 36.4 Å². The van der Waals surface area contributed by atoms with Crippen molar-refractivity contribution in [2.45, 2.75) is 13.0 Å². The van der Waals surface area contributed by atoms with E-state index in [0.717, 1.165) is 30.8 Å². The molecule has 3 rings (SSSR count). The van der Waals surface area contributed by atoms with Gasteiger partial charge in [0, 0.05) is 17.3 Å². The van der Waals surface area contributed by atoms with E-state index in [9.17, 15) is 9.90 Å². The van der Waals surface area contributed by atoms with Crippen LogP contribution in [0.2, 0.25) is 5.02 Å². The van der Waals surface area contributed by atoms with Crippen LogP contribution in [0.5, 0.6) is 5.75 Å². The Morgan fingerprint density at radius 2 is 2.14 bits per heavy atom. The molecule has 0 saturated heterocycles. The second-order valence-electron chi connectivity index (χ2n) is 4.99. The Labute approximate surface area is 127 Å². The molecule has 0 spiro atoms. The van der Waals surface area contributed by atoms with Crippen molar-refractivity contribution in [2.24, 2.45) is 0 Å². The summed E-state index contributed by atoms with van der Waals surface area (Å²) in [5.74, 6) is -0.450. The molecule has 1 amide bonds. The molecule has 21 heavy (non-hydrogen) atoms. The topological polar surface area (TPSA) is 61.4 Å². The van der Waals surface area contributed by atoms with Gasteiger partial charge in [-0.1, -0.05) is 23.7 Å². The molecule has 108 valence electrons. The molecule has 0 radical (unpaired) electrons. The van der Waals surface area contributed by atoms with Crippen molar-refractivity contribution in [1.82, 2.24) is 5.32 Å². The van der Waals surface area contributed by atoms with Gasteiger partial charge in [-0.15, -0.1) is 0 Å². The Morgan fingerprint density at radius 3 is 3.00 bits per heavy atom. The fourth-order valence-corrected chi connectivity index (χ4v) is 2.68. The third kappa shape index (κ3) is 2.86. The predicted octanol–water partition coefficient (Wildman–Crippen LogP) is 2.94. The highest BCUT2D eigenvalue weighted by Gasteiger charge is 2.16. The lowest BCUT2D eigenvalue weighted by Crippen LogP contribution is -2.25. The molecule has 0 bridgehead atoms. The minimum Gasteiger partial charge on any atom is -0.507 e. The quantitative estimate of drug-likeness (QED) is 0.799. The lowest BCUT2D eigenvalue weighted by atomic mass is 9.99. The second-order valence-corrected chi connectivity index (χ2v) is 5.42. The fraction of sp³-hybridized carbons (Fsp3) is 0.188. The van der Waals surface area contributed by atoms with Gasteiger partial charge in [-0.05, 0) is 48.4 Å². The summed E-state index contributed by atoms with van der Waals surface area (Å²) in [6, 6.07) is 10.3. The number of rotatable bonds is 2. The van der Waals surface area contributed by atoms with E-state index in [1.165, 1.54) is 17.7 Å². The maximum absolute atomic E-state index is 12.3. The van der Waals surface area contributed by atoms with Gasteiger partial charge in [0.1, 0.15) is 5.75 Å². The molecule has 0 saturated carbocycles. The van der Waals surface area contributed by atoms with Gasteiger partial charge in [-0.2, -0.15) is 0 Å². The lowest BCUT2D eigenvalue weighted by molar-refractivity contribution is 0.102. The third-order valence-corrected chi connectivity index (χ3v) is 3.83. The minimum atomic E-state index is -0.367. The van der Waals surface area contributed by atoms with Crippen LogP contribution >= 0.6 is 11.6 Å². The second kappa shape index (κ2) is 5.76. The molecule has 2 aromatic rings. The molecular formula is C16H15ClN2O2. The highest BCUT2D eigenvalue weighted by Crippen LogP contribution is 2.26. The van der Waals surface area contributed by atoms with Gasteiger partial charge in [0.15, 0.2) is 0 Å². The summed E-state index contributed by atoms with van der Waals surface area (Å²) in [6.45, 7) is 1.67. The lowest BCUT2D eigenvalue weighted by Gasteiger charge is -2.20. The monoisotopic (exact) mass is 302 g/mol. The Morgan fingerprint density at radius 1 is 1.29 bits per heavy atom. The highest BCUT2D eigenvalue weighted by molar-refractivity contribution is 6.31. The normalized spacial score (nSPS) is 13.6. The van der Waals surface area contributed by atoms with E-state index < -0.39 is 0 Å². The van der Waals surface area contributed by atoms with Gasteiger partial charge >= 0.3 is 0 Å². The van der Waals surface area contributed by atoms with E-state index in [4.69, 9.17) is 11.6 Å². The summed E-state index contributed by atoms with van der Waals surface area (Å²) in [6.07, 6.45) is 0.946. The number of aromatic hydroxyl groups is 1. The SMILES string of the molecule is O=C(Nc1cccc2c1CNCC2)c1cc(Cl)ccc1O. The molecule has 3 N–H and O–H groups in total. The number of fused-ring (bicyclic) bond motifs is 1. The summed E-state index contributed by atoms with van der Waals surface area (Å²) in [5.41, 5.74) is 3.27. The number of hydrogen-bond donors (Lipinski definition) is 3. The number of phenolic OH excluding ortho intramolecular Hbond substituents is 1. The molecule has 4 nitrogen and oxygen atoms in total. The zero-order valence-electron chi connectivity index (χ0n) is 11.3. The first-order chi connectivity index (χ1) is 10.1. The Kier molecular flexibility index (Phi) is 3.82. The van der Waals surface area contributed by atoms with Gasteiger partial charge in [-0.3, -0.25) is 4.79 Å². The van der Waals surface area contributed by atoms with E-state index >= 15 is 0 Å². The number of anilines is 1. The van der Waals surface area contributed by atoms with Crippen LogP contribution < -0.4 is 10.6 Å². The van der Waals surface area contributed by atoms with E-state index in [1.54, 1.807) is 6.07 Å². The average Bonchev–Trinajstić information content (AvgIpc) is 2.50. The van der Waals surface area contributed by atoms with Crippen molar-refractivity contribution in [3.63, 3.8) is 0 Å². The smallest absolute Gasteiger partial charge is 0.259 e. The number of phenols is 1. The minimum absolute atomic E-state index is 0.0835. The van der Waals surface area contributed by atoms with Gasteiger partial charge < -0.3 is 15.7 Å². The van der Waals surface area contributed by atoms with Gasteiger partial charge in [0.25, 0.3) is 5.91 Å². The third-order valence-electron chi connectivity index (χ3n) is 3.60. The van der Waals surface area contributed by atoms with Crippen LogP contribution in [0.3, 0.4) is 0 Å². The predicted molar refractivity (Wildman–Crippen MR) is 82.9 cm³/mol. The number of carbonyl (C=O) groups is 1. The number of carbonyl (C=O) groups excluding carboxylic acids is 1. The maximum atomic E-state index is 12.3. The summed E-state index contributed by atoms with van der Waals surface area (Å²) < 4.78 is 0. The largest absolute Gasteiger partial charge is 0.507 e. The number of nitrogens with one attached hydrogen (secondary N) is 2. The fourth-order valence-electron chi connectivity index (χ4n) is 2.51. The van der Waals surface area contributed by atoms with Crippen molar-refractivity contribution >= 4 is 23.2 Å². The van der Waals surface area contributed by atoms with Crippen LogP contribution in [0, 0.1) is 0 Å². The molecule has 1 aliphatic rings. The van der Waals surface area contributed by atoms with Crippen LogP contribution in [-0.2, 0) is 13.0 Å². The van der Waals surface area contributed by atoms with Crippen molar-refractivity contribution in [3.05, 3.63) is 58.1 Å². The summed E-state index contributed by atoms with van der Waals surface area (Å²) in [4.78, 5) is 12.3. The van der Waals surface area contributed by atoms with Gasteiger partial charge in [-0.25, -0.2) is 0 Å². The molecule has 1 aliphatic heterocycles. The molecule has 0 aromatic heterocycles. The molecule has 0 fully saturated rings. The molecule has 0 atom stereocenters. The maximum Gasteiger partial charge on any atom is 0.259 e. The Balaban J connectivity index is 1.90. The standard InChI is InChI=1S/C16H15ClN2O2/c17-11-4-5-15(20)12(8-11)16(21)19-14-3-1-2-10-6-7-18-9-13(10)14/h1-5,8,18,20H,6-7,9H2,(H,19,21). The Hall–Kier alpha value is -2.04. The summed E-state index contributed by atoms with van der Waals surface area (Å²) >= 11 is 5.88. The average molecular weight is 303 g/mol. The first kappa shape index (κ1) is 13.9. The van der Waals surface area contributed by atoms with Crippen LogP contribution in [0.4, 0.5) is 5.69 Å². The molecule has 0 unspecified atom stereocenters. The van der Waals surface area contributed by atoms with Crippen molar-refractivity contribution in [2.75, 3.05) is 11.9 Å². The van der Waals surface area contributed by atoms with Crippen molar-refractivity contribution in [3.8, 4) is 5.75 Å². The van der Waals surface area contributed by atoms with Crippen molar-refractivity contribution in [1.29, 1.82) is 0 Å². The first-order valence-electron chi connectivity index (χ1n) is 6.76. The van der Waals surface area contributed by atoms with Gasteiger partial charge in [0.05, 0.1) is 5.56 Å². The molecular weight excluding hydrogens is 288 g/mol. The van der Waals surface area contributed by atoms with Gasteiger partial charge in [0.2, 0.25) is 0 Å². The number of halogens is 1. The summed E-state index contributed by atoms with van der Waals surface area (Å²) in [5, 5.41) is 16.4. The van der Waals surface area contributed by atoms with E-state index in [0.29, 0.717) is 5.02 Å². The zero-order valence-corrected chi connectivity index (χ0v) is 12.1. The van der Waals surface area contributed by atoms with E-state index in [1.807, 2.05) is 12.1 Å². The molecule has 0 aliphatic carbocycles. The molecule has 5 heteroatoms. The highest BCUT2D eigenvalue weighted by atomic mass is 35.5. The van der Waals surface area contributed by atoms with Crippen molar-refractivity contribution < 1.29 is 9.90 Å². The number of benzene rings is 2. The van der Waals surface area contributed by atoms with E-state index in [2.05, 4.69) is 16.7 Å². The number of hydrogen-bond acceptors (Lipinski definition) is 3. The first-order valence-corrected chi connectivity index (χ1v) is 7.14. The molecule has 2 aromatic carbocycles. The summed E-state index contributed by atoms with van der Waals surface area (Å²) in [7, 11) is 0. The van der Waals surface area contributed by atoms with Crippen LogP contribution in [0.1, 0.15) is 21.5 Å². The Bertz CT molecular complexity index is 701. The zero-order chi connectivity index (χ0) is 14.8. The van der Waals surface area contributed by atoms with Crippen LogP contribution in [0.25, 0.3) is 0 Å². The molecule has 1 heterocycles. The van der Waals surface area contributed by atoms with Crippen LogP contribution in [-0.4, -0.2) is 17.6 Å².